The summed E-state index contributed by atoms with van der Waals surface area (Å²) in [7, 11) is 0. The summed E-state index contributed by atoms with van der Waals surface area (Å²) >= 11 is 0. The van der Waals surface area contributed by atoms with Crippen LogP contribution in [0.15, 0.2) is 28.8 Å². The molecule has 1 aromatic heterocycles. The number of aryl methyl sites for hydroxylation is 1. The Labute approximate surface area is 146 Å². The van der Waals surface area contributed by atoms with Crippen molar-refractivity contribution in [3.05, 3.63) is 35.7 Å². The maximum Gasteiger partial charge on any atom is 0.242 e. The summed E-state index contributed by atoms with van der Waals surface area (Å²) in [5.74, 6) is 1.32. The standard InChI is InChI=1S/C18H23N5O2/c1-13-2-4-14(5-3-13)16-20-15(25-21-16)12-22-8-10-23(11-9-22)17(24)18(19)6-7-18/h2-5H,6-12,19H2,1H3. The van der Waals surface area contributed by atoms with Crippen LogP contribution in [0.3, 0.4) is 0 Å². The number of hydrogen-bond acceptors (Lipinski definition) is 6. The fourth-order valence-electron chi connectivity index (χ4n) is 3.10. The van der Waals surface area contributed by atoms with E-state index in [9.17, 15) is 4.79 Å². The second kappa shape index (κ2) is 6.24. The van der Waals surface area contributed by atoms with Crippen molar-refractivity contribution in [1.29, 1.82) is 0 Å². The number of carbonyl (C=O) groups excluding carboxylic acids is 1. The quantitative estimate of drug-likeness (QED) is 0.898. The number of nitrogens with two attached hydrogens (primary N) is 1. The van der Waals surface area contributed by atoms with Crippen LogP contribution in [0.1, 0.15) is 24.3 Å². The van der Waals surface area contributed by atoms with Gasteiger partial charge in [0.15, 0.2) is 0 Å². The van der Waals surface area contributed by atoms with Gasteiger partial charge in [-0.25, -0.2) is 0 Å². The number of rotatable bonds is 4. The third kappa shape index (κ3) is 3.43. The van der Waals surface area contributed by atoms with E-state index >= 15 is 0 Å². The molecule has 132 valence electrons. The van der Waals surface area contributed by atoms with E-state index in [1.165, 1.54) is 5.56 Å². The normalized spacial score (nSPS) is 19.8. The molecular weight excluding hydrogens is 318 g/mol. The highest BCUT2D eigenvalue weighted by molar-refractivity contribution is 5.89. The van der Waals surface area contributed by atoms with E-state index in [1.807, 2.05) is 36.1 Å². The smallest absolute Gasteiger partial charge is 0.242 e. The third-order valence-corrected chi connectivity index (χ3v) is 5.01. The minimum Gasteiger partial charge on any atom is -0.339 e. The predicted molar refractivity (Wildman–Crippen MR) is 92.5 cm³/mol. The molecule has 25 heavy (non-hydrogen) atoms. The number of carbonyl (C=O) groups is 1. The highest BCUT2D eigenvalue weighted by Crippen LogP contribution is 2.34. The molecule has 1 saturated carbocycles. The van der Waals surface area contributed by atoms with Gasteiger partial charge in [-0.05, 0) is 19.8 Å². The van der Waals surface area contributed by atoms with E-state index in [0.717, 1.165) is 31.5 Å². The van der Waals surface area contributed by atoms with Crippen molar-refractivity contribution < 1.29 is 9.32 Å². The number of nitrogens with zero attached hydrogens (tertiary/aromatic N) is 4. The lowest BCUT2D eigenvalue weighted by atomic mass is 10.1. The monoisotopic (exact) mass is 341 g/mol. The molecule has 1 saturated heterocycles. The maximum atomic E-state index is 12.3. The lowest BCUT2D eigenvalue weighted by Gasteiger charge is -2.35. The molecule has 2 heterocycles. The summed E-state index contributed by atoms with van der Waals surface area (Å²) in [6, 6.07) is 8.06. The number of piperazine rings is 1. The zero-order valence-corrected chi connectivity index (χ0v) is 14.4. The van der Waals surface area contributed by atoms with Crippen LogP contribution in [0.2, 0.25) is 0 Å². The van der Waals surface area contributed by atoms with E-state index < -0.39 is 5.54 Å². The van der Waals surface area contributed by atoms with Crippen molar-refractivity contribution in [2.45, 2.75) is 31.8 Å². The van der Waals surface area contributed by atoms with Crippen LogP contribution in [0.5, 0.6) is 0 Å². The van der Waals surface area contributed by atoms with Gasteiger partial charge in [-0.2, -0.15) is 4.98 Å². The Morgan fingerprint density at radius 1 is 1.20 bits per heavy atom. The Kier molecular flexibility index (Phi) is 4.05. The topological polar surface area (TPSA) is 88.5 Å². The Hall–Kier alpha value is -2.25. The minimum atomic E-state index is -0.572. The molecule has 7 nitrogen and oxygen atoms in total. The fourth-order valence-corrected chi connectivity index (χ4v) is 3.10. The van der Waals surface area contributed by atoms with Gasteiger partial charge < -0.3 is 15.2 Å². The van der Waals surface area contributed by atoms with Crippen LogP contribution in [-0.2, 0) is 11.3 Å². The summed E-state index contributed by atoms with van der Waals surface area (Å²) in [5.41, 5.74) is 7.59. The first kappa shape index (κ1) is 16.2. The van der Waals surface area contributed by atoms with Gasteiger partial charge in [0.25, 0.3) is 0 Å². The third-order valence-electron chi connectivity index (χ3n) is 5.01. The van der Waals surface area contributed by atoms with Gasteiger partial charge in [-0.1, -0.05) is 35.0 Å². The van der Waals surface area contributed by atoms with Crippen LogP contribution in [0.4, 0.5) is 0 Å². The molecule has 0 bridgehead atoms. The highest BCUT2D eigenvalue weighted by Gasteiger charge is 2.48. The van der Waals surface area contributed by atoms with E-state index in [1.54, 1.807) is 0 Å². The highest BCUT2D eigenvalue weighted by atomic mass is 16.5. The van der Waals surface area contributed by atoms with Crippen molar-refractivity contribution in [1.82, 2.24) is 19.9 Å². The molecule has 0 atom stereocenters. The van der Waals surface area contributed by atoms with Crippen molar-refractivity contribution >= 4 is 5.91 Å². The van der Waals surface area contributed by atoms with Gasteiger partial charge in [0.1, 0.15) is 0 Å². The van der Waals surface area contributed by atoms with Crippen LogP contribution in [-0.4, -0.2) is 57.6 Å². The molecule has 0 radical (unpaired) electrons. The molecule has 0 unspecified atom stereocenters. The number of benzene rings is 1. The van der Waals surface area contributed by atoms with Crippen LogP contribution >= 0.6 is 0 Å². The lowest BCUT2D eigenvalue weighted by Crippen LogP contribution is -2.53. The van der Waals surface area contributed by atoms with Gasteiger partial charge >= 0.3 is 0 Å². The first-order valence-electron chi connectivity index (χ1n) is 8.74. The van der Waals surface area contributed by atoms with Gasteiger partial charge in [0.2, 0.25) is 17.6 Å². The Morgan fingerprint density at radius 2 is 1.88 bits per heavy atom. The van der Waals surface area contributed by atoms with Crippen molar-refractivity contribution in [3.63, 3.8) is 0 Å². The second-order valence-corrected chi connectivity index (χ2v) is 7.10. The van der Waals surface area contributed by atoms with E-state index in [-0.39, 0.29) is 5.91 Å². The molecule has 1 amide bonds. The Morgan fingerprint density at radius 3 is 2.52 bits per heavy atom. The average molecular weight is 341 g/mol. The van der Waals surface area contributed by atoms with E-state index in [4.69, 9.17) is 10.3 Å². The van der Waals surface area contributed by atoms with Crippen molar-refractivity contribution in [2.75, 3.05) is 26.2 Å². The van der Waals surface area contributed by atoms with E-state index in [0.29, 0.717) is 31.3 Å². The molecule has 1 aromatic carbocycles. The van der Waals surface area contributed by atoms with Gasteiger partial charge in [0.05, 0.1) is 12.1 Å². The molecule has 2 aliphatic rings. The molecule has 1 aliphatic carbocycles. The fraction of sp³-hybridized carbons (Fsp3) is 0.500. The number of aromatic nitrogens is 2. The van der Waals surface area contributed by atoms with Crippen LogP contribution < -0.4 is 5.73 Å². The zero-order chi connectivity index (χ0) is 17.4. The number of amides is 1. The Bertz CT molecular complexity index is 758. The minimum absolute atomic E-state index is 0.103. The summed E-state index contributed by atoms with van der Waals surface area (Å²) in [6.07, 6.45) is 1.63. The average Bonchev–Trinajstić information content (AvgIpc) is 3.21. The molecule has 2 fully saturated rings. The maximum absolute atomic E-state index is 12.3. The Balaban J connectivity index is 1.33. The van der Waals surface area contributed by atoms with Gasteiger partial charge in [-0.15, -0.1) is 0 Å². The predicted octanol–water partition coefficient (Wildman–Crippen LogP) is 1.18. The summed E-state index contributed by atoms with van der Waals surface area (Å²) in [6.45, 7) is 5.65. The SMILES string of the molecule is Cc1ccc(-c2noc(CN3CCN(C(=O)C4(N)CC4)CC3)n2)cc1. The molecule has 0 spiro atoms. The molecular formula is C18H23N5O2. The second-order valence-electron chi connectivity index (χ2n) is 7.10. The van der Waals surface area contributed by atoms with Crippen LogP contribution in [0.25, 0.3) is 11.4 Å². The van der Waals surface area contributed by atoms with Gasteiger partial charge in [0, 0.05) is 31.7 Å². The van der Waals surface area contributed by atoms with E-state index in [2.05, 4.69) is 15.0 Å². The molecule has 2 N–H and O–H groups in total. The summed E-state index contributed by atoms with van der Waals surface area (Å²) in [4.78, 5) is 20.9. The number of hydrogen-bond donors (Lipinski definition) is 1. The molecule has 2 aromatic rings. The first-order valence-corrected chi connectivity index (χ1v) is 8.74. The van der Waals surface area contributed by atoms with Crippen molar-refractivity contribution in [2.24, 2.45) is 5.73 Å². The molecule has 4 rings (SSSR count). The first-order chi connectivity index (χ1) is 12.0. The largest absolute Gasteiger partial charge is 0.339 e. The van der Waals surface area contributed by atoms with Gasteiger partial charge in [-0.3, -0.25) is 9.69 Å². The van der Waals surface area contributed by atoms with Crippen molar-refractivity contribution in [3.8, 4) is 11.4 Å². The summed E-state index contributed by atoms with van der Waals surface area (Å²) < 4.78 is 5.39. The lowest BCUT2D eigenvalue weighted by molar-refractivity contribution is -0.135. The van der Waals surface area contributed by atoms with Crippen LogP contribution in [0, 0.1) is 6.92 Å². The molecule has 7 heteroatoms. The molecule has 1 aliphatic heterocycles. The zero-order valence-electron chi connectivity index (χ0n) is 14.4. The summed E-state index contributed by atoms with van der Waals surface area (Å²) in [5, 5.41) is 4.07.